The van der Waals surface area contributed by atoms with Gasteiger partial charge in [-0.05, 0) is 37.7 Å². The fourth-order valence-corrected chi connectivity index (χ4v) is 3.38. The second-order valence-corrected chi connectivity index (χ2v) is 6.08. The van der Waals surface area contributed by atoms with E-state index < -0.39 is 6.10 Å². The fourth-order valence-electron chi connectivity index (χ4n) is 3.38. The predicted octanol–water partition coefficient (Wildman–Crippen LogP) is 0.875. The number of hydrogen-bond acceptors (Lipinski definition) is 4. The Kier molecular flexibility index (Phi) is 4.26. The zero-order chi connectivity index (χ0) is 14.7. The van der Waals surface area contributed by atoms with Crippen LogP contribution in [0.15, 0.2) is 12.4 Å². The summed E-state index contributed by atoms with van der Waals surface area (Å²) in [6, 6.07) is 0. The predicted molar refractivity (Wildman–Crippen MR) is 76.6 cm³/mol. The van der Waals surface area contributed by atoms with E-state index in [0.29, 0.717) is 19.5 Å². The molecule has 3 heterocycles. The number of amides is 1. The Hall–Kier alpha value is -1.40. The molecule has 2 fully saturated rings. The maximum absolute atomic E-state index is 12.2. The SMILES string of the molecule is O=C(CCCc1cn[nH]c1)N1CC[C@@]2(CCCO2)[C@@H](O)C1. The van der Waals surface area contributed by atoms with E-state index in [9.17, 15) is 9.90 Å². The number of aliphatic hydroxyl groups excluding tert-OH is 1. The zero-order valence-corrected chi connectivity index (χ0v) is 12.3. The largest absolute Gasteiger partial charge is 0.388 e. The Bertz CT molecular complexity index is 469. The lowest BCUT2D eigenvalue weighted by Crippen LogP contribution is -2.56. The van der Waals surface area contributed by atoms with Crippen molar-refractivity contribution >= 4 is 5.91 Å². The first-order chi connectivity index (χ1) is 10.2. The highest BCUT2D eigenvalue weighted by molar-refractivity contribution is 5.76. The fraction of sp³-hybridized carbons (Fsp3) is 0.733. The summed E-state index contributed by atoms with van der Waals surface area (Å²) in [6.45, 7) is 1.84. The van der Waals surface area contributed by atoms with Crippen LogP contribution < -0.4 is 0 Å². The van der Waals surface area contributed by atoms with Gasteiger partial charge in [0.2, 0.25) is 5.91 Å². The van der Waals surface area contributed by atoms with Crippen LogP contribution in [-0.4, -0.2) is 57.5 Å². The van der Waals surface area contributed by atoms with E-state index in [-0.39, 0.29) is 11.5 Å². The van der Waals surface area contributed by atoms with Crippen molar-refractivity contribution < 1.29 is 14.6 Å². The lowest BCUT2D eigenvalue weighted by molar-refractivity contribution is -0.152. The summed E-state index contributed by atoms with van der Waals surface area (Å²) in [6.07, 6.45) is 7.96. The van der Waals surface area contributed by atoms with E-state index in [0.717, 1.165) is 44.3 Å². The van der Waals surface area contributed by atoms with Crippen LogP contribution in [0.4, 0.5) is 0 Å². The van der Waals surface area contributed by atoms with Crippen molar-refractivity contribution in [2.45, 2.75) is 50.2 Å². The summed E-state index contributed by atoms with van der Waals surface area (Å²) in [5, 5.41) is 17.0. The first-order valence-electron chi connectivity index (χ1n) is 7.77. The van der Waals surface area contributed by atoms with E-state index in [1.165, 1.54) is 0 Å². The lowest BCUT2D eigenvalue weighted by Gasteiger charge is -2.42. The van der Waals surface area contributed by atoms with Crippen LogP contribution in [0.5, 0.6) is 0 Å². The molecule has 2 N–H and O–H groups in total. The minimum atomic E-state index is -0.549. The number of nitrogens with zero attached hydrogens (tertiary/aromatic N) is 2. The van der Waals surface area contributed by atoms with Crippen LogP contribution in [0.25, 0.3) is 0 Å². The van der Waals surface area contributed by atoms with E-state index >= 15 is 0 Å². The number of likely N-dealkylation sites (tertiary alicyclic amines) is 1. The number of aliphatic hydroxyl groups is 1. The molecule has 6 heteroatoms. The lowest BCUT2D eigenvalue weighted by atomic mass is 9.86. The molecular formula is C15H23N3O3. The van der Waals surface area contributed by atoms with Crippen LogP contribution >= 0.6 is 0 Å². The van der Waals surface area contributed by atoms with Gasteiger partial charge in [-0.1, -0.05) is 0 Å². The minimum Gasteiger partial charge on any atom is -0.388 e. The monoisotopic (exact) mass is 293 g/mol. The Labute approximate surface area is 124 Å². The van der Waals surface area contributed by atoms with Crippen LogP contribution in [0.1, 0.15) is 37.7 Å². The summed E-state index contributed by atoms with van der Waals surface area (Å²) in [5.74, 6) is 0.130. The molecule has 0 bridgehead atoms. The number of hydrogen-bond donors (Lipinski definition) is 2. The highest BCUT2D eigenvalue weighted by Gasteiger charge is 2.46. The third-order valence-electron chi connectivity index (χ3n) is 4.70. The number of aryl methyl sites for hydroxylation is 1. The maximum Gasteiger partial charge on any atom is 0.222 e. The Balaban J connectivity index is 1.45. The molecule has 2 aliphatic heterocycles. The molecule has 1 aromatic heterocycles. The summed E-state index contributed by atoms with van der Waals surface area (Å²) < 4.78 is 5.75. The molecule has 0 aromatic carbocycles. The van der Waals surface area contributed by atoms with Gasteiger partial charge in [0.1, 0.15) is 6.10 Å². The van der Waals surface area contributed by atoms with Gasteiger partial charge in [-0.25, -0.2) is 0 Å². The Morgan fingerprint density at radius 1 is 1.57 bits per heavy atom. The summed E-state index contributed by atoms with van der Waals surface area (Å²) in [4.78, 5) is 14.0. The van der Waals surface area contributed by atoms with Crippen molar-refractivity contribution in [2.24, 2.45) is 0 Å². The van der Waals surface area contributed by atoms with Crippen molar-refractivity contribution in [3.8, 4) is 0 Å². The highest BCUT2D eigenvalue weighted by Crippen LogP contribution is 2.36. The van der Waals surface area contributed by atoms with Gasteiger partial charge < -0.3 is 14.7 Å². The van der Waals surface area contributed by atoms with Crippen molar-refractivity contribution in [2.75, 3.05) is 19.7 Å². The van der Waals surface area contributed by atoms with Crippen molar-refractivity contribution in [3.63, 3.8) is 0 Å². The zero-order valence-electron chi connectivity index (χ0n) is 12.3. The van der Waals surface area contributed by atoms with E-state index in [1.54, 1.807) is 11.1 Å². The Morgan fingerprint density at radius 2 is 2.48 bits per heavy atom. The van der Waals surface area contributed by atoms with Crippen molar-refractivity contribution in [1.29, 1.82) is 0 Å². The van der Waals surface area contributed by atoms with Gasteiger partial charge in [-0.15, -0.1) is 0 Å². The summed E-state index contributed by atoms with van der Waals surface area (Å²) in [5.41, 5.74) is 0.743. The number of H-pyrrole nitrogens is 1. The average Bonchev–Trinajstić information content (AvgIpc) is 3.14. The number of rotatable bonds is 4. The van der Waals surface area contributed by atoms with Gasteiger partial charge in [0.05, 0.1) is 11.8 Å². The smallest absolute Gasteiger partial charge is 0.222 e. The van der Waals surface area contributed by atoms with E-state index in [4.69, 9.17) is 4.74 Å². The quantitative estimate of drug-likeness (QED) is 0.863. The number of β-amino-alcohol motifs (C(OH)–C–C–N with tert-alkyl or cyclic N) is 1. The summed E-state index contributed by atoms with van der Waals surface area (Å²) in [7, 11) is 0. The topological polar surface area (TPSA) is 78.5 Å². The normalized spacial score (nSPS) is 29.2. The molecule has 0 radical (unpaired) electrons. The molecule has 2 saturated heterocycles. The molecule has 21 heavy (non-hydrogen) atoms. The second kappa shape index (κ2) is 6.15. The number of ether oxygens (including phenoxy) is 1. The molecular weight excluding hydrogens is 270 g/mol. The van der Waals surface area contributed by atoms with E-state index in [1.807, 2.05) is 6.20 Å². The first-order valence-corrected chi connectivity index (χ1v) is 7.77. The van der Waals surface area contributed by atoms with Gasteiger partial charge >= 0.3 is 0 Å². The molecule has 0 saturated carbocycles. The standard InChI is InChI=1S/C15H23N3O3/c19-13-11-18(7-6-15(13)5-2-8-21-15)14(20)4-1-3-12-9-16-17-10-12/h9-10,13,19H,1-8,11H2,(H,16,17)/t13-,15-/m0/s1. The van der Waals surface area contributed by atoms with Gasteiger partial charge in [0.15, 0.2) is 0 Å². The van der Waals surface area contributed by atoms with Gasteiger partial charge in [-0.2, -0.15) is 5.10 Å². The van der Waals surface area contributed by atoms with Crippen molar-refractivity contribution in [3.05, 3.63) is 18.0 Å². The molecule has 1 aromatic rings. The molecule has 2 aliphatic rings. The molecule has 1 spiro atoms. The van der Waals surface area contributed by atoms with Crippen LogP contribution in [0.2, 0.25) is 0 Å². The Morgan fingerprint density at radius 3 is 3.14 bits per heavy atom. The van der Waals surface area contributed by atoms with Crippen LogP contribution in [0, 0.1) is 0 Å². The van der Waals surface area contributed by atoms with Crippen molar-refractivity contribution in [1.82, 2.24) is 15.1 Å². The highest BCUT2D eigenvalue weighted by atomic mass is 16.5. The van der Waals surface area contributed by atoms with Gasteiger partial charge in [0.25, 0.3) is 0 Å². The number of aromatic amines is 1. The summed E-state index contributed by atoms with van der Waals surface area (Å²) >= 11 is 0. The molecule has 6 nitrogen and oxygen atoms in total. The molecule has 3 rings (SSSR count). The second-order valence-electron chi connectivity index (χ2n) is 6.08. The number of carbonyl (C=O) groups excluding carboxylic acids is 1. The molecule has 1 amide bonds. The number of piperidine rings is 1. The third-order valence-corrected chi connectivity index (χ3v) is 4.70. The van der Waals surface area contributed by atoms with Crippen LogP contribution in [0.3, 0.4) is 0 Å². The third kappa shape index (κ3) is 3.11. The van der Waals surface area contributed by atoms with Gasteiger partial charge in [0, 0.05) is 32.3 Å². The van der Waals surface area contributed by atoms with E-state index in [2.05, 4.69) is 10.2 Å². The number of carbonyl (C=O) groups is 1. The molecule has 0 aliphatic carbocycles. The molecule has 2 atom stereocenters. The minimum absolute atomic E-state index is 0.130. The molecule has 0 unspecified atom stereocenters. The van der Waals surface area contributed by atoms with Crippen LogP contribution in [-0.2, 0) is 16.0 Å². The average molecular weight is 293 g/mol. The number of aromatic nitrogens is 2. The van der Waals surface area contributed by atoms with Gasteiger partial charge in [-0.3, -0.25) is 9.89 Å². The first kappa shape index (κ1) is 14.5. The number of nitrogens with one attached hydrogen (secondary N) is 1. The maximum atomic E-state index is 12.2. The molecule has 116 valence electrons.